The second kappa shape index (κ2) is 6.87. The maximum atomic E-state index is 6.17. The summed E-state index contributed by atoms with van der Waals surface area (Å²) in [5, 5.41) is 0. The van der Waals surface area contributed by atoms with Crippen LogP contribution in [0.25, 0.3) is 0 Å². The predicted molar refractivity (Wildman–Crippen MR) is 90.7 cm³/mol. The summed E-state index contributed by atoms with van der Waals surface area (Å²) < 4.78 is 12.1. The van der Waals surface area contributed by atoms with E-state index in [9.17, 15) is 0 Å². The van der Waals surface area contributed by atoms with E-state index in [0.29, 0.717) is 12.5 Å². The Morgan fingerprint density at radius 1 is 1.08 bits per heavy atom. The summed E-state index contributed by atoms with van der Waals surface area (Å²) in [6.45, 7) is 3.68. The van der Waals surface area contributed by atoms with E-state index in [0.717, 1.165) is 44.6 Å². The van der Waals surface area contributed by atoms with Gasteiger partial charge in [-0.15, -0.1) is 0 Å². The molecule has 126 valence electrons. The van der Waals surface area contributed by atoms with Gasteiger partial charge in [0.15, 0.2) is 0 Å². The monoisotopic (exact) mass is 325 g/mol. The van der Waals surface area contributed by atoms with Crippen LogP contribution in [0, 0.1) is 0 Å². The number of pyridine rings is 2. The van der Waals surface area contributed by atoms with Crippen LogP contribution in [0.2, 0.25) is 0 Å². The highest BCUT2D eigenvalue weighted by molar-refractivity contribution is 5.10. The van der Waals surface area contributed by atoms with Crippen molar-refractivity contribution in [2.24, 2.45) is 0 Å². The first kappa shape index (κ1) is 15.5. The third-order valence-electron chi connectivity index (χ3n) is 4.98. The van der Waals surface area contributed by atoms with Gasteiger partial charge < -0.3 is 9.47 Å². The Labute approximate surface area is 142 Å². The van der Waals surface area contributed by atoms with E-state index < -0.39 is 0 Å². The van der Waals surface area contributed by atoms with Crippen molar-refractivity contribution in [1.29, 1.82) is 0 Å². The summed E-state index contributed by atoms with van der Waals surface area (Å²) in [5.74, 6) is 0.690. The number of aromatic nitrogens is 2. The predicted octanol–water partition coefficient (Wildman–Crippen LogP) is 2.68. The van der Waals surface area contributed by atoms with Crippen molar-refractivity contribution >= 4 is 0 Å². The third kappa shape index (κ3) is 3.57. The van der Waals surface area contributed by atoms with Gasteiger partial charge in [-0.2, -0.15) is 0 Å². The molecule has 1 spiro atoms. The van der Waals surface area contributed by atoms with E-state index in [4.69, 9.17) is 9.47 Å². The fourth-order valence-corrected chi connectivity index (χ4v) is 3.65. The smallest absolute Gasteiger partial charge is 0.213 e. The van der Waals surface area contributed by atoms with E-state index in [1.54, 1.807) is 6.20 Å². The lowest BCUT2D eigenvalue weighted by atomic mass is 9.88. The average molecular weight is 325 g/mol. The van der Waals surface area contributed by atoms with Crippen LogP contribution in [0.5, 0.6) is 5.88 Å². The van der Waals surface area contributed by atoms with Gasteiger partial charge in [-0.1, -0.05) is 12.1 Å². The highest BCUT2D eigenvalue weighted by atomic mass is 16.6. The molecule has 2 aromatic heterocycles. The second-order valence-electron chi connectivity index (χ2n) is 6.70. The molecular formula is C19H23N3O2. The summed E-state index contributed by atoms with van der Waals surface area (Å²) in [5.41, 5.74) is 1.12. The van der Waals surface area contributed by atoms with Crippen molar-refractivity contribution < 1.29 is 9.47 Å². The van der Waals surface area contributed by atoms with Gasteiger partial charge in [0.25, 0.3) is 0 Å². The standard InChI is InChI=1S/C19H23N3O2/c1-3-9-20-16(5-1)14-22-11-7-19(8-12-22)13-17(15-23-19)24-18-6-2-4-10-21-18/h1-6,9-10,17H,7-8,11-15H2. The van der Waals surface area contributed by atoms with Gasteiger partial charge in [0.05, 0.1) is 17.9 Å². The Balaban J connectivity index is 1.29. The van der Waals surface area contributed by atoms with E-state index in [2.05, 4.69) is 20.9 Å². The first-order chi connectivity index (χ1) is 11.8. The zero-order valence-electron chi connectivity index (χ0n) is 13.8. The highest BCUT2D eigenvalue weighted by Gasteiger charge is 2.43. The van der Waals surface area contributed by atoms with Crippen molar-refractivity contribution in [3.05, 3.63) is 54.5 Å². The van der Waals surface area contributed by atoms with Gasteiger partial charge in [-0.05, 0) is 31.0 Å². The minimum absolute atomic E-state index is 0.0138. The molecular weight excluding hydrogens is 302 g/mol. The number of nitrogens with zero attached hydrogens (tertiary/aromatic N) is 3. The summed E-state index contributed by atoms with van der Waals surface area (Å²) in [6, 6.07) is 11.9. The van der Waals surface area contributed by atoms with E-state index >= 15 is 0 Å². The van der Waals surface area contributed by atoms with Crippen LogP contribution in [0.15, 0.2) is 48.8 Å². The molecule has 24 heavy (non-hydrogen) atoms. The van der Waals surface area contributed by atoms with E-state index in [1.165, 1.54) is 0 Å². The van der Waals surface area contributed by atoms with Crippen LogP contribution >= 0.6 is 0 Å². The molecule has 0 amide bonds. The molecule has 0 radical (unpaired) electrons. The summed E-state index contributed by atoms with van der Waals surface area (Å²) in [4.78, 5) is 11.1. The Morgan fingerprint density at radius 2 is 1.88 bits per heavy atom. The third-order valence-corrected chi connectivity index (χ3v) is 4.98. The van der Waals surface area contributed by atoms with Crippen LogP contribution in [-0.2, 0) is 11.3 Å². The van der Waals surface area contributed by atoms with Crippen LogP contribution in [0.4, 0.5) is 0 Å². The SMILES string of the molecule is c1ccc(CN2CCC3(CC2)CC(Oc2ccccn2)CO3)nc1. The first-order valence-corrected chi connectivity index (χ1v) is 8.65. The Morgan fingerprint density at radius 3 is 2.58 bits per heavy atom. The molecule has 0 aliphatic carbocycles. The number of ether oxygens (including phenoxy) is 2. The molecule has 2 aromatic rings. The fraction of sp³-hybridized carbons (Fsp3) is 0.474. The molecule has 1 atom stereocenters. The van der Waals surface area contributed by atoms with Crippen molar-refractivity contribution in [2.75, 3.05) is 19.7 Å². The van der Waals surface area contributed by atoms with Gasteiger partial charge in [0.2, 0.25) is 5.88 Å². The zero-order chi connectivity index (χ0) is 16.2. The maximum absolute atomic E-state index is 6.17. The first-order valence-electron chi connectivity index (χ1n) is 8.65. The molecule has 1 unspecified atom stereocenters. The van der Waals surface area contributed by atoms with Gasteiger partial charge in [-0.3, -0.25) is 9.88 Å². The largest absolute Gasteiger partial charge is 0.472 e. The Bertz CT molecular complexity index is 642. The summed E-state index contributed by atoms with van der Waals surface area (Å²) in [7, 11) is 0. The summed E-state index contributed by atoms with van der Waals surface area (Å²) in [6.07, 6.45) is 6.81. The fourth-order valence-electron chi connectivity index (χ4n) is 3.65. The van der Waals surface area contributed by atoms with Crippen molar-refractivity contribution in [3.63, 3.8) is 0 Å². The van der Waals surface area contributed by atoms with Gasteiger partial charge in [0.1, 0.15) is 6.10 Å². The molecule has 0 N–H and O–H groups in total. The Hall–Kier alpha value is -1.98. The van der Waals surface area contributed by atoms with Gasteiger partial charge >= 0.3 is 0 Å². The molecule has 0 saturated carbocycles. The minimum Gasteiger partial charge on any atom is -0.472 e. The molecule has 2 saturated heterocycles. The lowest BCUT2D eigenvalue weighted by Crippen LogP contribution is -2.44. The summed E-state index contributed by atoms with van der Waals surface area (Å²) >= 11 is 0. The van der Waals surface area contributed by atoms with Crippen LogP contribution in [0.1, 0.15) is 25.0 Å². The zero-order valence-corrected chi connectivity index (χ0v) is 13.8. The lowest BCUT2D eigenvalue weighted by molar-refractivity contribution is -0.0456. The second-order valence-corrected chi connectivity index (χ2v) is 6.70. The Kier molecular flexibility index (Phi) is 4.45. The number of rotatable bonds is 4. The van der Waals surface area contributed by atoms with E-state index in [-0.39, 0.29) is 11.7 Å². The quantitative estimate of drug-likeness (QED) is 0.865. The molecule has 0 bridgehead atoms. The topological polar surface area (TPSA) is 47.5 Å². The van der Waals surface area contributed by atoms with Crippen molar-refractivity contribution in [3.8, 4) is 5.88 Å². The van der Waals surface area contributed by atoms with Crippen LogP contribution in [0.3, 0.4) is 0 Å². The van der Waals surface area contributed by atoms with E-state index in [1.807, 2.05) is 36.5 Å². The van der Waals surface area contributed by atoms with Gasteiger partial charge in [-0.25, -0.2) is 4.98 Å². The number of likely N-dealkylation sites (tertiary alicyclic amines) is 1. The molecule has 4 heterocycles. The minimum atomic E-state index is -0.0138. The van der Waals surface area contributed by atoms with Crippen LogP contribution in [-0.4, -0.2) is 46.3 Å². The normalized spacial score (nSPS) is 23.4. The molecule has 2 fully saturated rings. The average Bonchev–Trinajstić information content (AvgIpc) is 3.01. The molecule has 2 aliphatic rings. The molecule has 2 aliphatic heterocycles. The van der Waals surface area contributed by atoms with Crippen molar-refractivity contribution in [2.45, 2.75) is 37.5 Å². The van der Waals surface area contributed by atoms with Crippen LogP contribution < -0.4 is 4.74 Å². The molecule has 0 aromatic carbocycles. The highest BCUT2D eigenvalue weighted by Crippen LogP contribution is 2.37. The number of hydrogen-bond acceptors (Lipinski definition) is 5. The van der Waals surface area contributed by atoms with Gasteiger partial charge in [0, 0.05) is 44.5 Å². The maximum Gasteiger partial charge on any atom is 0.213 e. The van der Waals surface area contributed by atoms with Crippen molar-refractivity contribution in [1.82, 2.24) is 14.9 Å². The lowest BCUT2D eigenvalue weighted by Gasteiger charge is -2.38. The number of piperidine rings is 1. The number of hydrogen-bond donors (Lipinski definition) is 0. The molecule has 4 rings (SSSR count). The molecule has 5 heteroatoms. The molecule has 5 nitrogen and oxygen atoms in total.